The van der Waals surface area contributed by atoms with Crippen LogP contribution in [0.15, 0.2) is 48.5 Å². The Morgan fingerprint density at radius 3 is 2.16 bits per heavy atom. The number of alkyl halides is 3. The third kappa shape index (κ3) is 3.31. The largest absolute Gasteiger partial charge is 0.416 e. The van der Waals surface area contributed by atoms with Crippen molar-refractivity contribution in [2.45, 2.75) is 13.0 Å². The number of hydrogen-bond donors (Lipinski definition) is 1. The average molecular weight is 262 g/mol. The van der Waals surface area contributed by atoms with Gasteiger partial charge in [0.1, 0.15) is 0 Å². The molecule has 2 aromatic rings. The second-order valence-electron chi connectivity index (χ2n) is 4.08. The highest BCUT2D eigenvalue weighted by Crippen LogP contribution is 2.30. The van der Waals surface area contributed by atoms with Gasteiger partial charge in [0, 0.05) is 11.4 Å². The highest BCUT2D eigenvalue weighted by Gasteiger charge is 2.29. The average Bonchev–Trinajstić information content (AvgIpc) is 2.39. The smallest absolute Gasteiger partial charge is 0.356 e. The summed E-state index contributed by atoms with van der Waals surface area (Å²) in [5.74, 6) is 0. The van der Waals surface area contributed by atoms with Crippen LogP contribution in [0.25, 0.3) is 0 Å². The molecule has 0 aliphatic carbocycles. The molecule has 5 heteroatoms. The lowest BCUT2D eigenvalue weighted by Gasteiger charge is -2.12. The summed E-state index contributed by atoms with van der Waals surface area (Å²) in [6.07, 6.45) is -4.30. The molecular formula is C14H12BF3N. The van der Waals surface area contributed by atoms with Gasteiger partial charge < -0.3 is 5.32 Å². The lowest BCUT2D eigenvalue weighted by Crippen LogP contribution is -2.15. The van der Waals surface area contributed by atoms with Gasteiger partial charge in [-0.25, -0.2) is 0 Å². The van der Waals surface area contributed by atoms with Crippen LogP contribution in [0.3, 0.4) is 0 Å². The summed E-state index contributed by atoms with van der Waals surface area (Å²) in [6, 6.07) is 12.6. The van der Waals surface area contributed by atoms with E-state index in [0.29, 0.717) is 5.69 Å². The molecule has 1 nitrogen and oxygen atoms in total. The van der Waals surface area contributed by atoms with Crippen LogP contribution in [0.2, 0.25) is 6.82 Å². The van der Waals surface area contributed by atoms with Gasteiger partial charge in [-0.2, -0.15) is 13.2 Å². The molecule has 2 aromatic carbocycles. The maximum atomic E-state index is 12.4. The summed E-state index contributed by atoms with van der Waals surface area (Å²) in [7, 11) is 1.94. The number of benzene rings is 2. The van der Waals surface area contributed by atoms with Crippen LogP contribution >= 0.6 is 0 Å². The third-order valence-electron chi connectivity index (χ3n) is 2.76. The van der Waals surface area contributed by atoms with E-state index in [4.69, 9.17) is 0 Å². The fourth-order valence-corrected chi connectivity index (χ4v) is 1.76. The van der Waals surface area contributed by atoms with E-state index < -0.39 is 11.7 Å². The topological polar surface area (TPSA) is 12.0 Å². The van der Waals surface area contributed by atoms with Gasteiger partial charge >= 0.3 is 6.18 Å². The first-order valence-electron chi connectivity index (χ1n) is 5.83. The zero-order valence-electron chi connectivity index (χ0n) is 10.3. The van der Waals surface area contributed by atoms with Gasteiger partial charge in [0.05, 0.1) is 5.56 Å². The minimum absolute atomic E-state index is 0.627. The van der Waals surface area contributed by atoms with E-state index in [9.17, 15) is 13.2 Å². The van der Waals surface area contributed by atoms with E-state index in [1.165, 1.54) is 12.1 Å². The summed E-state index contributed by atoms with van der Waals surface area (Å²) < 4.78 is 37.3. The molecule has 0 spiro atoms. The number of anilines is 2. The van der Waals surface area contributed by atoms with Gasteiger partial charge in [0.2, 0.25) is 0 Å². The molecule has 19 heavy (non-hydrogen) atoms. The third-order valence-corrected chi connectivity index (χ3v) is 2.76. The van der Waals surface area contributed by atoms with Gasteiger partial charge in [-0.1, -0.05) is 30.5 Å². The van der Waals surface area contributed by atoms with Crippen molar-refractivity contribution in [3.8, 4) is 0 Å². The Bertz CT molecular complexity index is 549. The SMILES string of the molecule is C[B]c1ccccc1Nc1ccc(C(F)(F)F)cc1. The van der Waals surface area contributed by atoms with E-state index in [1.807, 2.05) is 38.4 Å². The van der Waals surface area contributed by atoms with E-state index in [2.05, 4.69) is 5.32 Å². The van der Waals surface area contributed by atoms with Crippen LogP contribution in [-0.4, -0.2) is 7.28 Å². The van der Waals surface area contributed by atoms with E-state index in [-0.39, 0.29) is 0 Å². The van der Waals surface area contributed by atoms with E-state index in [1.54, 1.807) is 0 Å². The second kappa shape index (κ2) is 5.39. The normalized spacial score (nSPS) is 11.2. The number of nitrogens with one attached hydrogen (secondary N) is 1. The lowest BCUT2D eigenvalue weighted by atomic mass is 9.72. The Kier molecular flexibility index (Phi) is 3.83. The van der Waals surface area contributed by atoms with Crippen LogP contribution in [0.4, 0.5) is 24.5 Å². The van der Waals surface area contributed by atoms with Crippen LogP contribution < -0.4 is 10.8 Å². The fourth-order valence-electron chi connectivity index (χ4n) is 1.76. The van der Waals surface area contributed by atoms with Crippen LogP contribution in [0.5, 0.6) is 0 Å². The van der Waals surface area contributed by atoms with Gasteiger partial charge in [-0.05, 0) is 30.3 Å². The standard InChI is InChI=1S/C14H12BF3N/c1-15-12-4-2-3-5-13(12)19-11-8-6-10(7-9-11)14(16,17)18/h2-9,19H,1H3. The van der Waals surface area contributed by atoms with Gasteiger partial charge in [-0.3, -0.25) is 0 Å². The van der Waals surface area contributed by atoms with Crippen molar-refractivity contribution in [3.05, 3.63) is 54.1 Å². The first kappa shape index (κ1) is 13.5. The number of para-hydroxylation sites is 1. The van der Waals surface area contributed by atoms with Gasteiger partial charge in [-0.15, -0.1) is 0 Å². The molecule has 0 aromatic heterocycles. The summed E-state index contributed by atoms with van der Waals surface area (Å²) in [6.45, 7) is 1.91. The highest BCUT2D eigenvalue weighted by molar-refractivity contribution is 6.54. The quantitative estimate of drug-likeness (QED) is 0.829. The molecule has 1 N–H and O–H groups in total. The first-order chi connectivity index (χ1) is 9.00. The zero-order chi connectivity index (χ0) is 13.9. The molecule has 0 fully saturated rings. The van der Waals surface area contributed by atoms with Crippen molar-refractivity contribution in [1.29, 1.82) is 0 Å². The number of halogens is 3. The Labute approximate surface area is 110 Å². The molecule has 0 heterocycles. The fraction of sp³-hybridized carbons (Fsp3) is 0.143. The van der Waals surface area contributed by atoms with Crippen molar-refractivity contribution in [2.75, 3.05) is 5.32 Å². The molecule has 0 bridgehead atoms. The minimum Gasteiger partial charge on any atom is -0.356 e. The van der Waals surface area contributed by atoms with Crippen LogP contribution in [-0.2, 0) is 6.18 Å². The molecule has 0 atom stereocenters. The van der Waals surface area contributed by atoms with Crippen LogP contribution in [0.1, 0.15) is 5.56 Å². The van der Waals surface area contributed by atoms with Crippen molar-refractivity contribution in [2.24, 2.45) is 0 Å². The molecule has 0 amide bonds. The molecule has 0 aliphatic heterocycles. The minimum atomic E-state index is -4.30. The molecule has 2 rings (SSSR count). The molecule has 0 aliphatic rings. The molecule has 0 saturated carbocycles. The van der Waals surface area contributed by atoms with Crippen molar-refractivity contribution in [3.63, 3.8) is 0 Å². The summed E-state index contributed by atoms with van der Waals surface area (Å²) >= 11 is 0. The monoisotopic (exact) mass is 262 g/mol. The highest BCUT2D eigenvalue weighted by atomic mass is 19.4. The zero-order valence-corrected chi connectivity index (χ0v) is 10.3. The first-order valence-corrected chi connectivity index (χ1v) is 5.83. The van der Waals surface area contributed by atoms with E-state index in [0.717, 1.165) is 23.3 Å². The Hall–Kier alpha value is -1.91. The maximum Gasteiger partial charge on any atom is 0.416 e. The Morgan fingerprint density at radius 2 is 1.58 bits per heavy atom. The lowest BCUT2D eigenvalue weighted by molar-refractivity contribution is -0.137. The molecular weight excluding hydrogens is 250 g/mol. The summed E-state index contributed by atoms with van der Waals surface area (Å²) in [5.41, 5.74) is 1.85. The summed E-state index contributed by atoms with van der Waals surface area (Å²) in [5, 5.41) is 3.10. The number of rotatable bonds is 3. The molecule has 0 saturated heterocycles. The molecule has 0 unspecified atom stereocenters. The Balaban J connectivity index is 2.20. The van der Waals surface area contributed by atoms with Crippen molar-refractivity contribution in [1.82, 2.24) is 0 Å². The Morgan fingerprint density at radius 1 is 0.947 bits per heavy atom. The summed E-state index contributed by atoms with van der Waals surface area (Å²) in [4.78, 5) is 0. The van der Waals surface area contributed by atoms with Crippen LogP contribution in [0, 0.1) is 0 Å². The van der Waals surface area contributed by atoms with Crippen molar-refractivity contribution >= 4 is 24.1 Å². The van der Waals surface area contributed by atoms with Gasteiger partial charge in [0.15, 0.2) is 7.28 Å². The predicted octanol–water partition coefficient (Wildman–Crippen LogP) is 3.83. The van der Waals surface area contributed by atoms with Gasteiger partial charge in [0.25, 0.3) is 0 Å². The second-order valence-corrected chi connectivity index (χ2v) is 4.08. The predicted molar refractivity (Wildman–Crippen MR) is 72.4 cm³/mol. The van der Waals surface area contributed by atoms with Crippen molar-refractivity contribution < 1.29 is 13.2 Å². The molecule has 1 radical (unpaired) electrons. The van der Waals surface area contributed by atoms with E-state index >= 15 is 0 Å². The molecule has 97 valence electrons. The number of hydrogen-bond acceptors (Lipinski definition) is 1. The maximum absolute atomic E-state index is 12.4.